The fourth-order valence-corrected chi connectivity index (χ4v) is 1.50. The van der Waals surface area contributed by atoms with Crippen molar-refractivity contribution in [3.63, 3.8) is 0 Å². The summed E-state index contributed by atoms with van der Waals surface area (Å²) >= 11 is 4.23. The van der Waals surface area contributed by atoms with Crippen molar-refractivity contribution < 1.29 is 9.18 Å². The quantitative estimate of drug-likeness (QED) is 0.807. The molecule has 2 nitrogen and oxygen atoms in total. The summed E-state index contributed by atoms with van der Waals surface area (Å²) in [5.74, 6) is -0.476. The van der Waals surface area contributed by atoms with Crippen molar-refractivity contribution in [1.82, 2.24) is 0 Å². The van der Waals surface area contributed by atoms with Crippen LogP contribution in [0.15, 0.2) is 24.3 Å². The number of amides is 1. The maximum absolute atomic E-state index is 13.4. The molecule has 0 N–H and O–H groups in total. The van der Waals surface area contributed by atoms with Gasteiger partial charge in [-0.25, -0.2) is 4.39 Å². The number of para-hydroxylation sites is 1. The summed E-state index contributed by atoms with van der Waals surface area (Å²) in [5.41, 5.74) is 0.284. The molecule has 0 aromatic heterocycles. The molecule has 1 aromatic carbocycles. The van der Waals surface area contributed by atoms with Gasteiger partial charge in [-0.2, -0.15) is 12.6 Å². The van der Waals surface area contributed by atoms with Gasteiger partial charge in [-0.15, -0.1) is 0 Å². The molecule has 0 aliphatic heterocycles. The van der Waals surface area contributed by atoms with Gasteiger partial charge in [0.1, 0.15) is 5.82 Å². The maximum atomic E-state index is 13.4. The first-order valence-corrected chi connectivity index (χ1v) is 5.67. The van der Waals surface area contributed by atoms with Gasteiger partial charge in [0.25, 0.3) is 0 Å². The van der Waals surface area contributed by atoms with Gasteiger partial charge < -0.3 is 4.90 Å². The van der Waals surface area contributed by atoms with E-state index in [9.17, 15) is 9.18 Å². The van der Waals surface area contributed by atoms with Crippen molar-refractivity contribution in [2.75, 3.05) is 11.9 Å². The van der Waals surface area contributed by atoms with E-state index >= 15 is 0 Å². The van der Waals surface area contributed by atoms with E-state index in [0.29, 0.717) is 0 Å². The summed E-state index contributed by atoms with van der Waals surface area (Å²) in [6, 6.07) is 6.21. The molecular weight excluding hydrogens is 225 g/mol. The van der Waals surface area contributed by atoms with Gasteiger partial charge in [-0.3, -0.25) is 4.79 Å². The molecule has 0 bridgehead atoms. The van der Waals surface area contributed by atoms with Crippen LogP contribution in [0.3, 0.4) is 0 Å². The van der Waals surface area contributed by atoms with E-state index in [1.165, 1.54) is 11.0 Å². The molecule has 16 heavy (non-hydrogen) atoms. The average Bonchev–Trinajstić information content (AvgIpc) is 2.26. The minimum Gasteiger partial charge on any atom is -0.312 e. The first-order valence-electron chi connectivity index (χ1n) is 5.15. The minimum absolute atomic E-state index is 0.116. The Morgan fingerprint density at radius 3 is 2.44 bits per heavy atom. The smallest absolute Gasteiger partial charge is 0.239 e. The third kappa shape index (κ3) is 2.76. The molecule has 0 fully saturated rings. The Kier molecular flexibility index (Phi) is 4.35. The van der Waals surface area contributed by atoms with E-state index in [1.54, 1.807) is 25.2 Å². The Bertz CT molecular complexity index is 381. The molecule has 1 atom stereocenters. The summed E-state index contributed by atoms with van der Waals surface area (Å²) < 4.78 is 13.4. The zero-order valence-electron chi connectivity index (χ0n) is 9.64. The van der Waals surface area contributed by atoms with E-state index in [0.717, 1.165) is 0 Å². The SMILES string of the molecule is CC(C)C(S)C(=O)N(C)c1ccccc1F. The van der Waals surface area contributed by atoms with Crippen LogP contribution in [0.2, 0.25) is 0 Å². The Hall–Kier alpha value is -1.03. The highest BCUT2D eigenvalue weighted by molar-refractivity contribution is 7.81. The summed E-state index contributed by atoms with van der Waals surface area (Å²) in [6.07, 6.45) is 0. The van der Waals surface area contributed by atoms with Gasteiger partial charge in [0.15, 0.2) is 0 Å². The van der Waals surface area contributed by atoms with Crippen molar-refractivity contribution in [3.8, 4) is 0 Å². The number of carbonyl (C=O) groups is 1. The average molecular weight is 241 g/mol. The second-order valence-electron chi connectivity index (χ2n) is 4.04. The number of hydrogen-bond donors (Lipinski definition) is 1. The van der Waals surface area contributed by atoms with Crippen molar-refractivity contribution in [1.29, 1.82) is 0 Å². The highest BCUT2D eigenvalue weighted by atomic mass is 32.1. The van der Waals surface area contributed by atoms with Gasteiger partial charge in [0.2, 0.25) is 5.91 Å². The Morgan fingerprint density at radius 2 is 1.94 bits per heavy atom. The van der Waals surface area contributed by atoms with Crippen LogP contribution in [0.5, 0.6) is 0 Å². The second-order valence-corrected chi connectivity index (χ2v) is 4.59. The Labute approximate surface area is 101 Å². The zero-order valence-corrected chi connectivity index (χ0v) is 10.5. The largest absolute Gasteiger partial charge is 0.312 e. The summed E-state index contributed by atoms with van der Waals surface area (Å²) in [5, 5.41) is -0.412. The lowest BCUT2D eigenvalue weighted by Crippen LogP contribution is -2.36. The predicted octanol–water partition coefficient (Wildman–Crippen LogP) is 2.74. The molecule has 0 aliphatic rings. The third-order valence-corrected chi connectivity index (χ3v) is 3.25. The molecule has 88 valence electrons. The van der Waals surface area contributed by atoms with Gasteiger partial charge >= 0.3 is 0 Å². The first-order chi connectivity index (χ1) is 7.45. The number of carbonyl (C=O) groups excluding carboxylic acids is 1. The normalized spacial score (nSPS) is 12.6. The molecule has 1 rings (SSSR count). The number of benzene rings is 1. The van der Waals surface area contributed by atoms with E-state index in [4.69, 9.17) is 0 Å². The fraction of sp³-hybridized carbons (Fsp3) is 0.417. The topological polar surface area (TPSA) is 20.3 Å². The summed E-state index contributed by atoms with van der Waals surface area (Å²) in [6.45, 7) is 3.81. The molecule has 0 radical (unpaired) electrons. The molecule has 0 aliphatic carbocycles. The van der Waals surface area contributed by atoms with Gasteiger partial charge in [-0.05, 0) is 18.1 Å². The van der Waals surface area contributed by atoms with Crippen molar-refractivity contribution in [3.05, 3.63) is 30.1 Å². The molecule has 0 saturated carbocycles. The van der Waals surface area contributed by atoms with Crippen LogP contribution in [0.4, 0.5) is 10.1 Å². The van der Waals surface area contributed by atoms with Crippen LogP contribution in [0.25, 0.3) is 0 Å². The maximum Gasteiger partial charge on any atom is 0.239 e. The van der Waals surface area contributed by atoms with Crippen LogP contribution in [-0.2, 0) is 4.79 Å². The number of thiol groups is 1. The second kappa shape index (κ2) is 5.34. The number of halogens is 1. The zero-order chi connectivity index (χ0) is 12.3. The summed E-state index contributed by atoms with van der Waals surface area (Å²) in [7, 11) is 1.56. The van der Waals surface area contributed by atoms with Gasteiger partial charge in [0.05, 0.1) is 10.9 Å². The van der Waals surface area contributed by atoms with Crippen molar-refractivity contribution in [2.24, 2.45) is 5.92 Å². The Balaban J connectivity index is 2.91. The highest BCUT2D eigenvalue weighted by Crippen LogP contribution is 2.20. The molecule has 0 saturated heterocycles. The predicted molar refractivity (Wildman–Crippen MR) is 67.4 cm³/mol. The third-order valence-electron chi connectivity index (χ3n) is 2.43. The van der Waals surface area contributed by atoms with Gasteiger partial charge in [-0.1, -0.05) is 26.0 Å². The molecular formula is C12H16FNOS. The van der Waals surface area contributed by atoms with E-state index in [2.05, 4.69) is 12.6 Å². The van der Waals surface area contributed by atoms with Crippen molar-refractivity contribution >= 4 is 24.2 Å². The molecule has 1 aromatic rings. The van der Waals surface area contributed by atoms with E-state index in [1.807, 2.05) is 13.8 Å². The fourth-order valence-electron chi connectivity index (χ4n) is 1.33. The molecule has 0 spiro atoms. The lowest BCUT2D eigenvalue weighted by Gasteiger charge is -2.23. The standard InChI is InChI=1S/C12H16FNOS/c1-8(2)11(16)12(15)14(3)10-7-5-4-6-9(10)13/h4-8,11,16H,1-3H3. The molecule has 0 heterocycles. The number of hydrogen-bond acceptors (Lipinski definition) is 2. The van der Waals surface area contributed by atoms with Crippen LogP contribution >= 0.6 is 12.6 Å². The molecule has 1 amide bonds. The number of anilines is 1. The summed E-state index contributed by atoms with van der Waals surface area (Å²) in [4.78, 5) is 13.2. The lowest BCUT2D eigenvalue weighted by atomic mass is 10.1. The van der Waals surface area contributed by atoms with E-state index in [-0.39, 0.29) is 17.5 Å². The molecule has 4 heteroatoms. The van der Waals surface area contributed by atoms with Gasteiger partial charge in [0, 0.05) is 7.05 Å². The van der Waals surface area contributed by atoms with Crippen LogP contribution in [0, 0.1) is 11.7 Å². The first kappa shape index (κ1) is 13.0. The number of rotatable bonds is 3. The highest BCUT2D eigenvalue weighted by Gasteiger charge is 2.23. The van der Waals surface area contributed by atoms with Crippen LogP contribution in [0.1, 0.15) is 13.8 Å². The van der Waals surface area contributed by atoms with Crippen LogP contribution in [-0.4, -0.2) is 18.2 Å². The van der Waals surface area contributed by atoms with Crippen LogP contribution < -0.4 is 4.90 Å². The van der Waals surface area contributed by atoms with Crippen molar-refractivity contribution in [2.45, 2.75) is 19.1 Å². The molecule has 1 unspecified atom stereocenters. The van der Waals surface area contributed by atoms with E-state index < -0.39 is 11.1 Å². The number of nitrogens with zero attached hydrogens (tertiary/aromatic N) is 1. The minimum atomic E-state index is -0.412. The monoisotopic (exact) mass is 241 g/mol. The lowest BCUT2D eigenvalue weighted by molar-refractivity contribution is -0.118. The Morgan fingerprint density at radius 1 is 1.38 bits per heavy atom.